The molecule has 1 heterocycles. The lowest BCUT2D eigenvalue weighted by molar-refractivity contribution is 0.0888. The standard InChI is InChI=1S/C29H30N2O5/c1-34-27-17-21(14-13-20(27)18-36-29(33)31-15-7-2-8-16-31)30-28(32)35-19-26-24-11-5-3-9-22(24)23-10-4-6-12-25(23)26/h3-6,9-14,17,26H,2,7-8,15-16,18-19H2,1H3,(H,30,32). The van der Waals surface area contributed by atoms with Gasteiger partial charge < -0.3 is 19.1 Å². The van der Waals surface area contributed by atoms with Crippen molar-refractivity contribution in [2.75, 3.05) is 32.1 Å². The smallest absolute Gasteiger partial charge is 0.411 e. The second kappa shape index (κ2) is 10.7. The number of hydrogen-bond acceptors (Lipinski definition) is 5. The van der Waals surface area contributed by atoms with Crippen molar-refractivity contribution in [2.24, 2.45) is 0 Å². The second-order valence-electron chi connectivity index (χ2n) is 9.08. The molecule has 0 unspecified atom stereocenters. The van der Waals surface area contributed by atoms with Crippen LogP contribution in [-0.2, 0) is 16.1 Å². The van der Waals surface area contributed by atoms with Crippen LogP contribution in [0.5, 0.6) is 5.75 Å². The molecule has 5 rings (SSSR count). The third kappa shape index (κ3) is 5.00. The molecule has 186 valence electrons. The molecular weight excluding hydrogens is 456 g/mol. The van der Waals surface area contributed by atoms with Gasteiger partial charge in [-0.2, -0.15) is 0 Å². The van der Waals surface area contributed by atoms with Crippen LogP contribution in [0.1, 0.15) is 41.9 Å². The molecule has 0 saturated carbocycles. The lowest BCUT2D eigenvalue weighted by atomic mass is 9.98. The SMILES string of the molecule is COc1cc(NC(=O)OCC2c3ccccc3-c3ccccc32)ccc1COC(=O)N1CCCCC1. The predicted molar refractivity (Wildman–Crippen MR) is 137 cm³/mol. The molecule has 36 heavy (non-hydrogen) atoms. The van der Waals surface area contributed by atoms with Crippen molar-refractivity contribution in [2.45, 2.75) is 31.8 Å². The summed E-state index contributed by atoms with van der Waals surface area (Å²) in [5.74, 6) is 0.521. The number of carbonyl (C=O) groups is 2. The molecule has 1 aliphatic heterocycles. The molecule has 7 heteroatoms. The minimum Gasteiger partial charge on any atom is -0.496 e. The number of methoxy groups -OCH3 is 1. The molecule has 0 aromatic heterocycles. The Hall–Kier alpha value is -4.00. The topological polar surface area (TPSA) is 77.1 Å². The number of nitrogens with one attached hydrogen (secondary N) is 1. The van der Waals surface area contributed by atoms with Crippen molar-refractivity contribution in [1.29, 1.82) is 0 Å². The van der Waals surface area contributed by atoms with Crippen molar-refractivity contribution in [3.63, 3.8) is 0 Å². The molecule has 0 atom stereocenters. The Labute approximate surface area is 211 Å². The van der Waals surface area contributed by atoms with Gasteiger partial charge in [0.1, 0.15) is 19.0 Å². The van der Waals surface area contributed by atoms with Gasteiger partial charge in [0.15, 0.2) is 0 Å². The average molecular weight is 487 g/mol. The monoisotopic (exact) mass is 486 g/mol. The van der Waals surface area contributed by atoms with Crippen LogP contribution in [0.15, 0.2) is 66.7 Å². The van der Waals surface area contributed by atoms with Gasteiger partial charge in [-0.25, -0.2) is 9.59 Å². The number of piperidine rings is 1. The fraction of sp³-hybridized carbons (Fsp3) is 0.310. The van der Waals surface area contributed by atoms with Gasteiger partial charge in [-0.05, 0) is 53.6 Å². The van der Waals surface area contributed by atoms with E-state index in [0.29, 0.717) is 11.4 Å². The van der Waals surface area contributed by atoms with Gasteiger partial charge in [-0.1, -0.05) is 48.5 Å². The molecular formula is C29H30N2O5. The average Bonchev–Trinajstić information content (AvgIpc) is 3.25. The van der Waals surface area contributed by atoms with Crippen LogP contribution in [0.25, 0.3) is 11.1 Å². The molecule has 3 aromatic carbocycles. The molecule has 1 aliphatic carbocycles. The molecule has 0 radical (unpaired) electrons. The van der Waals surface area contributed by atoms with E-state index in [2.05, 4.69) is 29.6 Å². The van der Waals surface area contributed by atoms with E-state index in [4.69, 9.17) is 14.2 Å². The van der Waals surface area contributed by atoms with E-state index in [1.54, 1.807) is 30.2 Å². The van der Waals surface area contributed by atoms with Crippen LogP contribution in [0, 0.1) is 0 Å². The second-order valence-corrected chi connectivity index (χ2v) is 9.08. The number of benzene rings is 3. The highest BCUT2D eigenvalue weighted by molar-refractivity contribution is 5.85. The van der Waals surface area contributed by atoms with E-state index in [1.807, 2.05) is 24.3 Å². The number of anilines is 1. The third-order valence-corrected chi connectivity index (χ3v) is 6.84. The van der Waals surface area contributed by atoms with Crippen molar-refractivity contribution < 1.29 is 23.8 Å². The van der Waals surface area contributed by atoms with Crippen molar-refractivity contribution in [3.05, 3.63) is 83.4 Å². The van der Waals surface area contributed by atoms with Crippen LogP contribution in [-0.4, -0.2) is 43.9 Å². The van der Waals surface area contributed by atoms with Gasteiger partial charge in [0.05, 0.1) is 7.11 Å². The minimum atomic E-state index is -0.539. The molecule has 0 spiro atoms. The van der Waals surface area contributed by atoms with E-state index in [9.17, 15) is 9.59 Å². The van der Waals surface area contributed by atoms with E-state index >= 15 is 0 Å². The summed E-state index contributed by atoms with van der Waals surface area (Å²) < 4.78 is 16.6. The normalized spacial score (nSPS) is 14.5. The molecule has 0 bridgehead atoms. The van der Waals surface area contributed by atoms with Crippen LogP contribution in [0.4, 0.5) is 15.3 Å². The summed E-state index contributed by atoms with van der Waals surface area (Å²) in [4.78, 5) is 26.7. The quantitative estimate of drug-likeness (QED) is 0.450. The third-order valence-electron chi connectivity index (χ3n) is 6.84. The first kappa shape index (κ1) is 23.7. The van der Waals surface area contributed by atoms with Crippen molar-refractivity contribution in [3.8, 4) is 16.9 Å². The summed E-state index contributed by atoms with van der Waals surface area (Å²) >= 11 is 0. The van der Waals surface area contributed by atoms with Crippen LogP contribution < -0.4 is 10.1 Å². The summed E-state index contributed by atoms with van der Waals surface area (Å²) in [6.07, 6.45) is 2.32. The van der Waals surface area contributed by atoms with E-state index in [-0.39, 0.29) is 25.2 Å². The number of hydrogen-bond donors (Lipinski definition) is 1. The maximum Gasteiger partial charge on any atom is 0.411 e. The van der Waals surface area contributed by atoms with Crippen molar-refractivity contribution >= 4 is 17.9 Å². The van der Waals surface area contributed by atoms with Crippen LogP contribution >= 0.6 is 0 Å². The number of amides is 2. The highest BCUT2D eigenvalue weighted by Crippen LogP contribution is 2.44. The Bertz CT molecular complexity index is 1210. The van der Waals surface area contributed by atoms with Gasteiger partial charge in [0.25, 0.3) is 0 Å². The Morgan fingerprint density at radius 3 is 2.22 bits per heavy atom. The van der Waals surface area contributed by atoms with Crippen molar-refractivity contribution in [1.82, 2.24) is 4.90 Å². The number of nitrogens with zero attached hydrogens (tertiary/aromatic N) is 1. The zero-order valence-electron chi connectivity index (χ0n) is 20.4. The molecule has 2 aliphatic rings. The molecule has 7 nitrogen and oxygen atoms in total. The van der Waals surface area contributed by atoms with E-state index in [1.165, 1.54) is 11.1 Å². The Balaban J connectivity index is 1.19. The summed E-state index contributed by atoms with van der Waals surface area (Å²) in [6, 6.07) is 21.7. The molecule has 1 fully saturated rings. The largest absolute Gasteiger partial charge is 0.496 e. The number of likely N-dealkylation sites (tertiary alicyclic amines) is 1. The lowest BCUT2D eigenvalue weighted by Gasteiger charge is -2.25. The molecule has 2 amide bonds. The Morgan fingerprint density at radius 2 is 1.56 bits per heavy atom. The van der Waals surface area contributed by atoms with Crippen LogP contribution in [0.3, 0.4) is 0 Å². The zero-order chi connectivity index (χ0) is 24.9. The first-order valence-corrected chi connectivity index (χ1v) is 12.3. The molecule has 1 saturated heterocycles. The minimum absolute atomic E-state index is 0.00495. The van der Waals surface area contributed by atoms with Crippen LogP contribution in [0.2, 0.25) is 0 Å². The fourth-order valence-electron chi connectivity index (χ4n) is 5.00. The molecule has 1 N–H and O–H groups in total. The highest BCUT2D eigenvalue weighted by Gasteiger charge is 2.29. The van der Waals surface area contributed by atoms with E-state index < -0.39 is 6.09 Å². The van der Waals surface area contributed by atoms with Gasteiger partial charge in [-0.3, -0.25) is 5.32 Å². The number of rotatable bonds is 6. The Kier molecular flexibility index (Phi) is 7.07. The van der Waals surface area contributed by atoms with Gasteiger partial charge in [0, 0.05) is 36.3 Å². The highest BCUT2D eigenvalue weighted by atomic mass is 16.6. The van der Waals surface area contributed by atoms with Gasteiger partial charge in [0.2, 0.25) is 0 Å². The summed E-state index contributed by atoms with van der Waals surface area (Å²) in [5.41, 5.74) is 5.95. The first-order valence-electron chi connectivity index (χ1n) is 12.3. The number of fused-ring (bicyclic) bond motifs is 3. The summed E-state index contributed by atoms with van der Waals surface area (Å²) in [7, 11) is 1.54. The first-order chi connectivity index (χ1) is 17.6. The van der Waals surface area contributed by atoms with E-state index in [0.717, 1.165) is 49.0 Å². The predicted octanol–water partition coefficient (Wildman–Crippen LogP) is 6.18. The molecule has 3 aromatic rings. The Morgan fingerprint density at radius 1 is 0.889 bits per heavy atom. The zero-order valence-corrected chi connectivity index (χ0v) is 20.4. The fourth-order valence-corrected chi connectivity index (χ4v) is 5.00. The maximum atomic E-state index is 12.6. The lowest BCUT2D eigenvalue weighted by Crippen LogP contribution is -2.35. The van der Waals surface area contributed by atoms with Gasteiger partial charge >= 0.3 is 12.2 Å². The summed E-state index contributed by atoms with van der Waals surface area (Å²) in [6.45, 7) is 1.81. The maximum absolute atomic E-state index is 12.6. The number of carbonyl (C=O) groups excluding carboxylic acids is 2. The van der Waals surface area contributed by atoms with Gasteiger partial charge in [-0.15, -0.1) is 0 Å². The summed E-state index contributed by atoms with van der Waals surface area (Å²) in [5, 5.41) is 2.78. The number of ether oxygens (including phenoxy) is 3.